The molecule has 84 valence electrons. The average molecular weight is 220 g/mol. The Bertz CT molecular complexity index is 175. The second kappa shape index (κ2) is 6.30. The smallest absolute Gasteiger partial charge is 0.306 e. The second-order valence-corrected chi connectivity index (χ2v) is 5.57. The molecule has 0 aliphatic rings. The lowest BCUT2D eigenvalue weighted by atomic mass is 10.1. The fourth-order valence-electron chi connectivity index (χ4n) is 0.887. The van der Waals surface area contributed by atoms with Gasteiger partial charge in [-0.25, -0.2) is 0 Å². The Morgan fingerprint density at radius 1 is 1.57 bits per heavy atom. The van der Waals surface area contributed by atoms with Gasteiger partial charge in [0.2, 0.25) is 0 Å². The maximum atomic E-state index is 10.9. The third-order valence-electron chi connectivity index (χ3n) is 1.80. The van der Waals surface area contributed by atoms with Crippen LogP contribution in [0.2, 0.25) is 0 Å². The first-order valence-electron chi connectivity index (χ1n) is 4.76. The number of ether oxygens (including phenoxy) is 1. The molecule has 1 atom stereocenters. The topological polar surface area (TPSA) is 46.5 Å². The first-order valence-corrected chi connectivity index (χ1v) is 5.81. The van der Waals surface area contributed by atoms with Gasteiger partial charge >= 0.3 is 5.97 Å². The minimum Gasteiger partial charge on any atom is -0.469 e. The molecule has 0 rings (SSSR count). The van der Waals surface area contributed by atoms with E-state index >= 15 is 0 Å². The molecule has 0 aromatic heterocycles. The second-order valence-electron chi connectivity index (χ2n) is 4.02. The quantitative estimate of drug-likeness (QED) is 0.694. The van der Waals surface area contributed by atoms with Crippen LogP contribution >= 0.6 is 11.8 Å². The predicted molar refractivity (Wildman–Crippen MR) is 59.5 cm³/mol. The van der Waals surface area contributed by atoms with Crippen molar-refractivity contribution in [2.75, 3.05) is 12.9 Å². The fraction of sp³-hybridized carbons (Fsp3) is 0.900. The van der Waals surface area contributed by atoms with Crippen molar-refractivity contribution < 1.29 is 14.6 Å². The van der Waals surface area contributed by atoms with Crippen molar-refractivity contribution in [3.05, 3.63) is 0 Å². The monoisotopic (exact) mass is 220 g/mol. The molecule has 0 saturated carbocycles. The highest BCUT2D eigenvalue weighted by Gasteiger charge is 2.14. The minimum atomic E-state index is -0.613. The van der Waals surface area contributed by atoms with Gasteiger partial charge in [-0.1, -0.05) is 6.92 Å². The molecule has 0 aliphatic carbocycles. The standard InChI is InChI=1S/C10H20O3S/c1-8(7-9(11)13-4)14-6-5-10(2,3)12/h8,12H,5-7H2,1-4H3. The highest BCUT2D eigenvalue weighted by molar-refractivity contribution is 7.99. The summed E-state index contributed by atoms with van der Waals surface area (Å²) in [5.41, 5.74) is -0.613. The Morgan fingerprint density at radius 3 is 2.57 bits per heavy atom. The van der Waals surface area contributed by atoms with Crippen molar-refractivity contribution in [3.8, 4) is 0 Å². The Labute approximate surface area is 90.2 Å². The number of esters is 1. The van der Waals surface area contributed by atoms with Gasteiger partial charge in [0.25, 0.3) is 0 Å². The van der Waals surface area contributed by atoms with Gasteiger partial charge in [0.15, 0.2) is 0 Å². The molecular formula is C10H20O3S. The molecule has 0 fully saturated rings. The third-order valence-corrected chi connectivity index (χ3v) is 2.97. The van der Waals surface area contributed by atoms with Gasteiger partial charge in [0.05, 0.1) is 19.1 Å². The van der Waals surface area contributed by atoms with E-state index in [-0.39, 0.29) is 11.2 Å². The zero-order valence-corrected chi connectivity index (χ0v) is 10.2. The van der Waals surface area contributed by atoms with E-state index in [2.05, 4.69) is 4.74 Å². The SMILES string of the molecule is COC(=O)CC(C)SCCC(C)(C)O. The molecule has 3 nitrogen and oxygen atoms in total. The van der Waals surface area contributed by atoms with Crippen LogP contribution in [0.4, 0.5) is 0 Å². The van der Waals surface area contributed by atoms with E-state index in [4.69, 9.17) is 0 Å². The molecule has 1 unspecified atom stereocenters. The summed E-state index contributed by atoms with van der Waals surface area (Å²) in [7, 11) is 1.40. The highest BCUT2D eigenvalue weighted by Crippen LogP contribution is 2.19. The van der Waals surface area contributed by atoms with Gasteiger partial charge in [-0.05, 0) is 26.0 Å². The number of carbonyl (C=O) groups is 1. The summed E-state index contributed by atoms with van der Waals surface area (Å²) in [6, 6.07) is 0. The molecule has 0 aromatic rings. The van der Waals surface area contributed by atoms with Crippen LogP contribution in [0.5, 0.6) is 0 Å². The Hall–Kier alpha value is -0.220. The van der Waals surface area contributed by atoms with Crippen molar-refractivity contribution >= 4 is 17.7 Å². The van der Waals surface area contributed by atoms with E-state index < -0.39 is 5.60 Å². The molecule has 0 saturated heterocycles. The zero-order chi connectivity index (χ0) is 11.2. The summed E-state index contributed by atoms with van der Waals surface area (Å²) in [6.07, 6.45) is 1.18. The number of methoxy groups -OCH3 is 1. The van der Waals surface area contributed by atoms with Crippen LogP contribution < -0.4 is 0 Å². The van der Waals surface area contributed by atoms with Gasteiger partial charge < -0.3 is 9.84 Å². The first kappa shape index (κ1) is 13.8. The molecule has 0 heterocycles. The van der Waals surface area contributed by atoms with Crippen molar-refractivity contribution in [1.29, 1.82) is 0 Å². The molecule has 0 spiro atoms. The van der Waals surface area contributed by atoms with E-state index in [1.165, 1.54) is 7.11 Å². The van der Waals surface area contributed by atoms with Crippen molar-refractivity contribution in [3.63, 3.8) is 0 Å². The Morgan fingerprint density at radius 2 is 2.14 bits per heavy atom. The Balaban J connectivity index is 3.54. The predicted octanol–water partition coefficient (Wildman–Crippen LogP) is 1.83. The van der Waals surface area contributed by atoms with E-state index in [9.17, 15) is 9.90 Å². The Kier molecular flexibility index (Phi) is 6.20. The third kappa shape index (κ3) is 8.38. The van der Waals surface area contributed by atoms with E-state index in [0.717, 1.165) is 12.2 Å². The number of carbonyl (C=O) groups excluding carboxylic acids is 1. The molecule has 0 aromatic carbocycles. The number of thioether (sulfide) groups is 1. The fourth-order valence-corrected chi connectivity index (χ4v) is 2.16. The van der Waals surface area contributed by atoms with Gasteiger partial charge in [0.1, 0.15) is 0 Å². The molecule has 14 heavy (non-hydrogen) atoms. The normalized spacial score (nSPS) is 13.8. The number of hydrogen-bond donors (Lipinski definition) is 1. The number of rotatable bonds is 6. The largest absolute Gasteiger partial charge is 0.469 e. The zero-order valence-electron chi connectivity index (χ0n) is 9.37. The molecular weight excluding hydrogens is 200 g/mol. The molecule has 0 amide bonds. The maximum Gasteiger partial charge on any atom is 0.306 e. The van der Waals surface area contributed by atoms with Crippen LogP contribution in [0.15, 0.2) is 0 Å². The summed E-state index contributed by atoms with van der Waals surface area (Å²) >= 11 is 1.69. The first-order chi connectivity index (χ1) is 6.35. The summed E-state index contributed by atoms with van der Waals surface area (Å²) in [5, 5.41) is 9.71. The average Bonchev–Trinajstić information content (AvgIpc) is 2.01. The van der Waals surface area contributed by atoms with Crippen LogP contribution in [-0.2, 0) is 9.53 Å². The van der Waals surface area contributed by atoms with Crippen molar-refractivity contribution in [2.45, 2.75) is 44.5 Å². The van der Waals surface area contributed by atoms with Crippen molar-refractivity contribution in [2.24, 2.45) is 0 Å². The van der Waals surface area contributed by atoms with Crippen molar-refractivity contribution in [1.82, 2.24) is 0 Å². The molecule has 1 N–H and O–H groups in total. The number of aliphatic hydroxyl groups is 1. The lowest BCUT2D eigenvalue weighted by Crippen LogP contribution is -2.20. The lowest BCUT2D eigenvalue weighted by Gasteiger charge is -2.17. The summed E-state index contributed by atoms with van der Waals surface area (Å²) in [5.74, 6) is 0.690. The molecule has 0 radical (unpaired) electrons. The van der Waals surface area contributed by atoms with Crippen LogP contribution in [-0.4, -0.2) is 34.8 Å². The molecule has 4 heteroatoms. The van der Waals surface area contributed by atoms with Crippen LogP contribution in [0, 0.1) is 0 Å². The maximum absolute atomic E-state index is 10.9. The number of hydrogen-bond acceptors (Lipinski definition) is 4. The van der Waals surface area contributed by atoms with Gasteiger partial charge in [-0.2, -0.15) is 11.8 Å². The van der Waals surface area contributed by atoms with E-state index in [1.54, 1.807) is 25.6 Å². The molecule has 0 bridgehead atoms. The van der Waals surface area contributed by atoms with Crippen LogP contribution in [0.1, 0.15) is 33.6 Å². The van der Waals surface area contributed by atoms with Gasteiger partial charge in [0, 0.05) is 5.25 Å². The van der Waals surface area contributed by atoms with Gasteiger partial charge in [-0.3, -0.25) is 4.79 Å². The molecule has 0 aliphatic heterocycles. The van der Waals surface area contributed by atoms with Crippen LogP contribution in [0.25, 0.3) is 0 Å². The summed E-state index contributed by atoms with van der Waals surface area (Å²) in [6.45, 7) is 5.57. The van der Waals surface area contributed by atoms with E-state index in [1.807, 2.05) is 6.92 Å². The lowest BCUT2D eigenvalue weighted by molar-refractivity contribution is -0.140. The van der Waals surface area contributed by atoms with Crippen LogP contribution in [0.3, 0.4) is 0 Å². The van der Waals surface area contributed by atoms with E-state index in [0.29, 0.717) is 6.42 Å². The minimum absolute atomic E-state index is 0.173. The highest BCUT2D eigenvalue weighted by atomic mass is 32.2. The summed E-state index contributed by atoms with van der Waals surface area (Å²) < 4.78 is 4.57. The summed E-state index contributed by atoms with van der Waals surface area (Å²) in [4.78, 5) is 10.9. The van der Waals surface area contributed by atoms with Gasteiger partial charge in [-0.15, -0.1) is 0 Å².